The predicted molar refractivity (Wildman–Crippen MR) is 71.3 cm³/mol. The first-order valence-electron chi connectivity index (χ1n) is 7.30. The van der Waals surface area contributed by atoms with Crippen molar-refractivity contribution >= 4 is 5.91 Å². The molecule has 4 nitrogen and oxygen atoms in total. The van der Waals surface area contributed by atoms with Gasteiger partial charge in [0.15, 0.2) is 0 Å². The maximum Gasteiger partial charge on any atom is 0.230 e. The van der Waals surface area contributed by atoms with E-state index in [-0.39, 0.29) is 24.0 Å². The molecule has 104 valence electrons. The Morgan fingerprint density at radius 1 is 1.39 bits per heavy atom. The standard InChI is InChI=1S/C14H26N2O2/c1-14(7-5-8-15-11-14)13(18)16-9-4-2-3-6-12(16)10-17/h12,15,17H,2-11H2,1H3. The van der Waals surface area contributed by atoms with Gasteiger partial charge in [-0.05, 0) is 39.2 Å². The topological polar surface area (TPSA) is 52.6 Å². The van der Waals surface area contributed by atoms with Crippen LogP contribution in [0, 0.1) is 5.41 Å². The average Bonchev–Trinajstić information content (AvgIpc) is 2.63. The number of nitrogens with zero attached hydrogens (tertiary/aromatic N) is 1. The van der Waals surface area contributed by atoms with Crippen LogP contribution in [-0.4, -0.2) is 48.2 Å². The molecule has 0 saturated carbocycles. The van der Waals surface area contributed by atoms with Crippen LogP contribution in [0.15, 0.2) is 0 Å². The van der Waals surface area contributed by atoms with Gasteiger partial charge in [-0.3, -0.25) is 4.79 Å². The molecule has 18 heavy (non-hydrogen) atoms. The zero-order valence-corrected chi connectivity index (χ0v) is 11.5. The van der Waals surface area contributed by atoms with Crippen LogP contribution in [0.4, 0.5) is 0 Å². The number of hydrogen-bond acceptors (Lipinski definition) is 3. The van der Waals surface area contributed by atoms with Crippen LogP contribution >= 0.6 is 0 Å². The average molecular weight is 254 g/mol. The minimum absolute atomic E-state index is 0.0405. The molecule has 2 aliphatic rings. The SMILES string of the molecule is CC1(C(=O)N2CCCCCC2CO)CCCNC1. The third-order valence-corrected chi connectivity index (χ3v) is 4.46. The summed E-state index contributed by atoms with van der Waals surface area (Å²) in [7, 11) is 0. The fourth-order valence-electron chi connectivity index (χ4n) is 3.22. The largest absolute Gasteiger partial charge is 0.394 e. The van der Waals surface area contributed by atoms with Crippen LogP contribution in [0.5, 0.6) is 0 Å². The maximum atomic E-state index is 12.8. The van der Waals surface area contributed by atoms with E-state index in [0.29, 0.717) is 0 Å². The van der Waals surface area contributed by atoms with E-state index in [1.165, 1.54) is 6.42 Å². The summed E-state index contributed by atoms with van der Waals surface area (Å²) in [5, 5.41) is 12.8. The normalized spacial score (nSPS) is 34.1. The molecule has 2 unspecified atom stereocenters. The summed E-state index contributed by atoms with van der Waals surface area (Å²) < 4.78 is 0. The Kier molecular flexibility index (Phi) is 4.62. The Morgan fingerprint density at radius 3 is 2.89 bits per heavy atom. The summed E-state index contributed by atoms with van der Waals surface area (Å²) >= 11 is 0. The second-order valence-corrected chi connectivity index (χ2v) is 6.03. The first kappa shape index (κ1) is 13.8. The monoisotopic (exact) mass is 254 g/mol. The summed E-state index contributed by atoms with van der Waals surface area (Å²) in [6.07, 6.45) is 6.37. The highest BCUT2D eigenvalue weighted by molar-refractivity contribution is 5.83. The van der Waals surface area contributed by atoms with E-state index in [4.69, 9.17) is 0 Å². The Bertz CT molecular complexity index is 288. The first-order chi connectivity index (χ1) is 8.67. The molecule has 2 fully saturated rings. The van der Waals surface area contributed by atoms with Crippen molar-refractivity contribution in [2.75, 3.05) is 26.2 Å². The molecule has 0 aliphatic carbocycles. The Morgan fingerprint density at radius 2 is 2.22 bits per heavy atom. The number of aliphatic hydroxyl groups is 1. The smallest absolute Gasteiger partial charge is 0.230 e. The van der Waals surface area contributed by atoms with Crippen LogP contribution < -0.4 is 5.32 Å². The van der Waals surface area contributed by atoms with Gasteiger partial charge in [-0.2, -0.15) is 0 Å². The number of likely N-dealkylation sites (tertiary alicyclic amines) is 1. The van der Waals surface area contributed by atoms with Crippen molar-refractivity contribution in [3.63, 3.8) is 0 Å². The van der Waals surface area contributed by atoms with Crippen LogP contribution in [0.3, 0.4) is 0 Å². The molecule has 2 saturated heterocycles. The number of piperidine rings is 1. The van der Waals surface area contributed by atoms with E-state index in [2.05, 4.69) is 12.2 Å². The molecule has 2 N–H and O–H groups in total. The number of rotatable bonds is 2. The Hall–Kier alpha value is -0.610. The van der Waals surface area contributed by atoms with Gasteiger partial charge in [0.2, 0.25) is 5.91 Å². The van der Waals surface area contributed by atoms with E-state index in [1.807, 2.05) is 4.90 Å². The maximum absolute atomic E-state index is 12.8. The molecule has 0 aromatic rings. The lowest BCUT2D eigenvalue weighted by Crippen LogP contribution is -2.53. The van der Waals surface area contributed by atoms with E-state index in [1.54, 1.807) is 0 Å². The highest BCUT2D eigenvalue weighted by Crippen LogP contribution is 2.30. The molecular weight excluding hydrogens is 228 g/mol. The Labute approximate surface area is 110 Å². The molecule has 0 bridgehead atoms. The molecule has 2 atom stereocenters. The fraction of sp³-hybridized carbons (Fsp3) is 0.929. The van der Waals surface area contributed by atoms with Gasteiger partial charge < -0.3 is 15.3 Å². The molecule has 2 heterocycles. The van der Waals surface area contributed by atoms with Gasteiger partial charge in [0.1, 0.15) is 0 Å². The molecule has 0 aromatic carbocycles. The third-order valence-electron chi connectivity index (χ3n) is 4.46. The molecule has 2 aliphatic heterocycles. The lowest BCUT2D eigenvalue weighted by Gasteiger charge is -2.39. The van der Waals surface area contributed by atoms with Crippen molar-refractivity contribution in [3.05, 3.63) is 0 Å². The number of aliphatic hydroxyl groups excluding tert-OH is 1. The van der Waals surface area contributed by atoms with Crippen molar-refractivity contribution in [1.29, 1.82) is 0 Å². The van der Waals surface area contributed by atoms with E-state index in [0.717, 1.165) is 51.7 Å². The molecule has 0 spiro atoms. The van der Waals surface area contributed by atoms with Gasteiger partial charge in [-0.15, -0.1) is 0 Å². The van der Waals surface area contributed by atoms with Crippen LogP contribution in [0.1, 0.15) is 45.4 Å². The minimum atomic E-state index is -0.268. The second-order valence-electron chi connectivity index (χ2n) is 6.03. The quantitative estimate of drug-likeness (QED) is 0.777. The van der Waals surface area contributed by atoms with Crippen LogP contribution in [-0.2, 0) is 4.79 Å². The Balaban J connectivity index is 2.09. The van der Waals surface area contributed by atoms with Crippen molar-refractivity contribution in [2.45, 2.75) is 51.5 Å². The van der Waals surface area contributed by atoms with Gasteiger partial charge in [-0.1, -0.05) is 12.8 Å². The third kappa shape index (κ3) is 2.86. The van der Waals surface area contributed by atoms with Crippen LogP contribution in [0.2, 0.25) is 0 Å². The first-order valence-corrected chi connectivity index (χ1v) is 7.30. The summed E-state index contributed by atoms with van der Waals surface area (Å²) in [5.41, 5.74) is -0.268. The molecule has 2 rings (SSSR count). The highest BCUT2D eigenvalue weighted by atomic mass is 16.3. The minimum Gasteiger partial charge on any atom is -0.394 e. The van der Waals surface area contributed by atoms with E-state index in [9.17, 15) is 9.90 Å². The predicted octanol–water partition coefficient (Wildman–Crippen LogP) is 1.14. The summed E-state index contributed by atoms with van der Waals surface area (Å²) in [6, 6.07) is 0.0405. The molecule has 1 amide bonds. The zero-order valence-electron chi connectivity index (χ0n) is 11.5. The van der Waals surface area contributed by atoms with Gasteiger partial charge in [0, 0.05) is 13.1 Å². The van der Waals surface area contributed by atoms with E-state index < -0.39 is 0 Å². The number of amides is 1. The number of carbonyl (C=O) groups excluding carboxylic acids is 1. The lowest BCUT2D eigenvalue weighted by atomic mass is 9.81. The van der Waals surface area contributed by atoms with Crippen molar-refractivity contribution in [1.82, 2.24) is 10.2 Å². The highest BCUT2D eigenvalue weighted by Gasteiger charge is 2.39. The van der Waals surface area contributed by atoms with Gasteiger partial charge in [0.25, 0.3) is 0 Å². The number of hydrogen-bond donors (Lipinski definition) is 2. The van der Waals surface area contributed by atoms with Crippen molar-refractivity contribution in [2.24, 2.45) is 5.41 Å². The van der Waals surface area contributed by atoms with E-state index >= 15 is 0 Å². The summed E-state index contributed by atoms with van der Waals surface area (Å²) in [6.45, 7) is 4.79. The lowest BCUT2D eigenvalue weighted by molar-refractivity contribution is -0.145. The summed E-state index contributed by atoms with van der Waals surface area (Å²) in [5.74, 6) is 0.246. The molecule has 4 heteroatoms. The van der Waals surface area contributed by atoms with Crippen molar-refractivity contribution in [3.8, 4) is 0 Å². The fourth-order valence-corrected chi connectivity index (χ4v) is 3.22. The van der Waals surface area contributed by atoms with Gasteiger partial charge in [0.05, 0.1) is 18.1 Å². The zero-order chi connectivity index (χ0) is 13.0. The van der Waals surface area contributed by atoms with Gasteiger partial charge >= 0.3 is 0 Å². The molecule has 0 radical (unpaired) electrons. The molecular formula is C14H26N2O2. The van der Waals surface area contributed by atoms with Gasteiger partial charge in [-0.25, -0.2) is 0 Å². The number of carbonyl (C=O) groups is 1. The van der Waals surface area contributed by atoms with Crippen LogP contribution in [0.25, 0.3) is 0 Å². The summed E-state index contributed by atoms with van der Waals surface area (Å²) in [4.78, 5) is 14.7. The molecule has 0 aromatic heterocycles. The number of nitrogens with one attached hydrogen (secondary N) is 1. The second kappa shape index (κ2) is 6.02. The van der Waals surface area contributed by atoms with Crippen molar-refractivity contribution < 1.29 is 9.90 Å².